The van der Waals surface area contributed by atoms with Crippen molar-refractivity contribution >= 4 is 27.6 Å². The summed E-state index contributed by atoms with van der Waals surface area (Å²) in [7, 11) is -3.86. The second-order valence-electron chi connectivity index (χ2n) is 7.04. The van der Waals surface area contributed by atoms with Crippen LogP contribution in [-0.2, 0) is 10.2 Å². The Morgan fingerprint density at radius 3 is 2.79 bits per heavy atom. The summed E-state index contributed by atoms with van der Waals surface area (Å²) in [5.41, 5.74) is 7.00. The molecule has 1 amide bonds. The Morgan fingerprint density at radius 1 is 1.32 bits per heavy atom. The number of benzene rings is 1. The summed E-state index contributed by atoms with van der Waals surface area (Å²) in [6.45, 7) is 5.56. The van der Waals surface area contributed by atoms with Crippen LogP contribution < -0.4 is 20.5 Å². The molecule has 0 atom stereocenters. The Morgan fingerprint density at radius 2 is 2.07 bits per heavy atom. The highest BCUT2D eigenvalue weighted by Gasteiger charge is 2.27. The topological polar surface area (TPSA) is 136 Å². The number of nitrogens with zero attached hydrogens (tertiary/aromatic N) is 2. The van der Waals surface area contributed by atoms with E-state index in [9.17, 15) is 13.2 Å². The zero-order valence-electron chi connectivity index (χ0n) is 15.7. The maximum atomic E-state index is 12.5. The molecule has 2 aromatic rings. The lowest BCUT2D eigenvalue weighted by Gasteiger charge is -2.27. The van der Waals surface area contributed by atoms with E-state index in [-0.39, 0.29) is 18.3 Å². The van der Waals surface area contributed by atoms with Gasteiger partial charge in [0.25, 0.3) is 5.91 Å². The van der Waals surface area contributed by atoms with Crippen molar-refractivity contribution < 1.29 is 17.9 Å². The van der Waals surface area contributed by atoms with E-state index < -0.39 is 15.7 Å². The van der Waals surface area contributed by atoms with Crippen LogP contribution in [0.3, 0.4) is 0 Å². The first-order chi connectivity index (χ1) is 13.1. The molecule has 0 saturated heterocycles. The third-order valence-corrected chi connectivity index (χ3v) is 4.85. The molecule has 0 radical (unpaired) electrons. The van der Waals surface area contributed by atoms with Crippen molar-refractivity contribution in [3.63, 3.8) is 0 Å². The van der Waals surface area contributed by atoms with Gasteiger partial charge in [-0.25, -0.2) is 0 Å². The zero-order chi connectivity index (χ0) is 20.5. The van der Waals surface area contributed by atoms with Gasteiger partial charge in [-0.3, -0.25) is 14.5 Å². The van der Waals surface area contributed by atoms with Crippen LogP contribution in [0.2, 0.25) is 0 Å². The minimum atomic E-state index is -3.86. The van der Waals surface area contributed by atoms with Crippen LogP contribution in [0.15, 0.2) is 40.9 Å². The van der Waals surface area contributed by atoms with Crippen molar-refractivity contribution in [2.24, 2.45) is 10.1 Å². The third-order valence-electron chi connectivity index (χ3n) is 3.94. The van der Waals surface area contributed by atoms with Gasteiger partial charge in [0.2, 0.25) is 0 Å². The molecule has 10 heteroatoms. The summed E-state index contributed by atoms with van der Waals surface area (Å²) in [6.07, 6.45) is 1.58. The Bertz CT molecular complexity index is 1060. The minimum absolute atomic E-state index is 0.124. The van der Waals surface area contributed by atoms with E-state index in [2.05, 4.69) is 19.4 Å². The smallest absolute Gasteiger partial charge is 0.344 e. The van der Waals surface area contributed by atoms with Crippen molar-refractivity contribution in [1.29, 1.82) is 0 Å². The number of fused-ring (bicyclic) bond motifs is 1. The molecule has 0 unspecified atom stereocenters. The fourth-order valence-electron chi connectivity index (χ4n) is 2.70. The van der Waals surface area contributed by atoms with Crippen LogP contribution in [0.5, 0.6) is 5.75 Å². The predicted molar refractivity (Wildman–Crippen MR) is 106 cm³/mol. The molecule has 28 heavy (non-hydrogen) atoms. The highest BCUT2D eigenvalue weighted by molar-refractivity contribution is 7.91. The van der Waals surface area contributed by atoms with Gasteiger partial charge >= 0.3 is 10.2 Å². The van der Waals surface area contributed by atoms with E-state index in [1.807, 2.05) is 20.8 Å². The maximum absolute atomic E-state index is 12.5. The molecule has 0 aliphatic carbocycles. The first-order valence-electron chi connectivity index (χ1n) is 8.46. The molecule has 9 nitrogen and oxygen atoms in total. The highest BCUT2D eigenvalue weighted by Crippen LogP contribution is 2.30. The summed E-state index contributed by atoms with van der Waals surface area (Å²) in [5, 5.41) is 2.91. The Labute approximate surface area is 163 Å². The van der Waals surface area contributed by atoms with E-state index in [0.29, 0.717) is 22.6 Å². The minimum Gasteiger partial charge on any atom is -0.490 e. The molecule has 1 aliphatic heterocycles. The molecule has 0 bridgehead atoms. The monoisotopic (exact) mass is 403 g/mol. The summed E-state index contributed by atoms with van der Waals surface area (Å²) in [4.78, 5) is 16.5. The number of aryl methyl sites for hydroxylation is 1. The molecular formula is C18H21N5O4S. The van der Waals surface area contributed by atoms with Crippen LogP contribution in [0.25, 0.3) is 0 Å². The van der Waals surface area contributed by atoms with Gasteiger partial charge in [-0.1, -0.05) is 6.07 Å². The van der Waals surface area contributed by atoms with Gasteiger partial charge in [0.05, 0.1) is 16.8 Å². The van der Waals surface area contributed by atoms with Gasteiger partial charge < -0.3 is 15.8 Å². The number of pyridine rings is 1. The van der Waals surface area contributed by atoms with E-state index in [4.69, 9.17) is 10.5 Å². The first-order valence-corrected chi connectivity index (χ1v) is 9.90. The Balaban J connectivity index is 1.74. The summed E-state index contributed by atoms with van der Waals surface area (Å²) >= 11 is 0. The van der Waals surface area contributed by atoms with Gasteiger partial charge in [-0.2, -0.15) is 8.42 Å². The van der Waals surface area contributed by atoms with E-state index >= 15 is 0 Å². The molecule has 148 valence electrons. The number of rotatable bonds is 5. The third kappa shape index (κ3) is 4.39. The van der Waals surface area contributed by atoms with E-state index in [0.717, 1.165) is 5.69 Å². The zero-order valence-corrected chi connectivity index (χ0v) is 16.5. The average molecular weight is 403 g/mol. The lowest BCUT2D eigenvalue weighted by atomic mass is 10.1. The van der Waals surface area contributed by atoms with Gasteiger partial charge in [0.1, 0.15) is 12.4 Å². The normalized spacial score (nSPS) is 15.0. The van der Waals surface area contributed by atoms with Gasteiger partial charge in [-0.15, -0.1) is 4.40 Å². The fourth-order valence-corrected chi connectivity index (χ4v) is 3.54. The van der Waals surface area contributed by atoms with Crippen molar-refractivity contribution in [3.8, 4) is 5.75 Å². The predicted octanol–water partition coefficient (Wildman–Crippen LogP) is 1.35. The van der Waals surface area contributed by atoms with E-state index in [1.54, 1.807) is 36.5 Å². The maximum Gasteiger partial charge on any atom is 0.344 e. The summed E-state index contributed by atoms with van der Waals surface area (Å²) in [5.74, 6) is -0.0373. The standard InChI is InChI=1S/C18H21N5O4S/c1-11-9-12(7-8-20-11)17(24)21-18(2,3)10-27-14-6-4-5-13-15(14)16(19)23-28(25,26)22-13/h4-9,22H,10H2,1-3H3,(H2,19,23)(H,21,24). The SMILES string of the molecule is Cc1cc(C(=O)NC(C)(C)COc2cccc3c2C(N)=NS(=O)(=O)N3)ccn1. The number of ether oxygens (including phenoxy) is 1. The van der Waals surface area contributed by atoms with Crippen LogP contribution in [0, 0.1) is 6.92 Å². The lowest BCUT2D eigenvalue weighted by Crippen LogP contribution is -2.48. The fraction of sp³-hybridized carbons (Fsp3) is 0.278. The molecule has 0 saturated carbocycles. The number of nitrogens with one attached hydrogen (secondary N) is 2. The number of amidine groups is 1. The number of nitrogens with two attached hydrogens (primary N) is 1. The van der Waals surface area contributed by atoms with Crippen LogP contribution in [0.1, 0.15) is 35.5 Å². The molecule has 1 aromatic heterocycles. The summed E-state index contributed by atoms with van der Waals surface area (Å²) < 4.78 is 34.9. The van der Waals surface area contributed by atoms with Crippen LogP contribution >= 0.6 is 0 Å². The largest absolute Gasteiger partial charge is 0.490 e. The second-order valence-corrected chi connectivity index (χ2v) is 8.38. The number of aromatic nitrogens is 1. The van der Waals surface area contributed by atoms with Crippen LogP contribution in [0.4, 0.5) is 5.69 Å². The number of hydrogen-bond donors (Lipinski definition) is 3. The van der Waals surface area contributed by atoms with Gasteiger partial charge in [-0.05, 0) is 45.0 Å². The highest BCUT2D eigenvalue weighted by atomic mass is 32.2. The Hall–Kier alpha value is -3.14. The van der Waals surface area contributed by atoms with Crippen molar-refractivity contribution in [2.75, 3.05) is 11.3 Å². The van der Waals surface area contributed by atoms with E-state index in [1.165, 1.54) is 0 Å². The molecule has 1 aliphatic rings. The Kier molecular flexibility index (Phi) is 4.99. The molecule has 0 spiro atoms. The second kappa shape index (κ2) is 7.12. The number of carbonyl (C=O) groups is 1. The first kappa shape index (κ1) is 19.6. The molecule has 1 aromatic carbocycles. The molecule has 0 fully saturated rings. The lowest BCUT2D eigenvalue weighted by molar-refractivity contribution is 0.0880. The number of carbonyl (C=O) groups excluding carboxylic acids is 1. The average Bonchev–Trinajstić information content (AvgIpc) is 2.58. The van der Waals surface area contributed by atoms with Crippen LogP contribution in [-0.4, -0.2) is 37.3 Å². The van der Waals surface area contributed by atoms with Crippen molar-refractivity contribution in [3.05, 3.63) is 53.3 Å². The number of hydrogen-bond acceptors (Lipinski definition) is 6. The summed E-state index contributed by atoms with van der Waals surface area (Å²) in [6, 6.07) is 8.20. The van der Waals surface area contributed by atoms with Gasteiger partial charge in [0.15, 0.2) is 5.84 Å². The molecule has 2 heterocycles. The molecule has 3 rings (SSSR count). The molecular weight excluding hydrogens is 382 g/mol. The molecule has 4 N–H and O–H groups in total. The van der Waals surface area contributed by atoms with Crippen molar-refractivity contribution in [1.82, 2.24) is 10.3 Å². The van der Waals surface area contributed by atoms with Crippen molar-refractivity contribution in [2.45, 2.75) is 26.3 Å². The van der Waals surface area contributed by atoms with Gasteiger partial charge in [0, 0.05) is 17.5 Å². The number of amides is 1. The quantitative estimate of drug-likeness (QED) is 0.689. The number of anilines is 1.